The number of likely N-dealkylation sites (tertiary alicyclic amines) is 1. The van der Waals surface area contributed by atoms with E-state index in [0.717, 1.165) is 51.4 Å². The van der Waals surface area contributed by atoms with Gasteiger partial charge in [0.2, 0.25) is 5.91 Å². The van der Waals surface area contributed by atoms with E-state index in [1.165, 1.54) is 30.4 Å². The van der Waals surface area contributed by atoms with Crippen molar-refractivity contribution in [2.45, 2.75) is 64.6 Å². The maximum Gasteiger partial charge on any atom is 0.225 e. The topological polar surface area (TPSA) is 74.6 Å². The third-order valence-corrected chi connectivity index (χ3v) is 6.45. The standard InChI is InChI=1S/C25H36N6O.HI/c1-2-26-25(27-17-20-8-6-9-21(16-20)18-31-14-7-13-28-31)29-23-12-15-30(19-23)24(32)22-10-4-3-5-11-22;/h6-9,13-14,16,22-23H,2-5,10-12,15,17-19H2,1H3,(H2,26,27,29);1H. The molecule has 2 heterocycles. The number of aromatic nitrogens is 2. The molecule has 1 aliphatic carbocycles. The molecule has 1 unspecified atom stereocenters. The van der Waals surface area contributed by atoms with Crippen molar-refractivity contribution in [1.82, 2.24) is 25.3 Å². The van der Waals surface area contributed by atoms with Gasteiger partial charge in [-0.1, -0.05) is 43.5 Å². The number of nitrogens with zero attached hydrogens (tertiary/aromatic N) is 4. The molecule has 2 aliphatic rings. The summed E-state index contributed by atoms with van der Waals surface area (Å²) in [4.78, 5) is 19.7. The van der Waals surface area contributed by atoms with Crippen LogP contribution in [0, 0.1) is 5.92 Å². The van der Waals surface area contributed by atoms with Crippen molar-refractivity contribution in [3.63, 3.8) is 0 Å². The number of hydrogen-bond donors (Lipinski definition) is 2. The Labute approximate surface area is 214 Å². The number of hydrogen-bond acceptors (Lipinski definition) is 3. The average molecular weight is 565 g/mol. The maximum atomic E-state index is 12.9. The van der Waals surface area contributed by atoms with Crippen LogP contribution in [0.1, 0.15) is 56.6 Å². The summed E-state index contributed by atoms with van der Waals surface area (Å²) in [6, 6.07) is 10.7. The fraction of sp³-hybridized carbons (Fsp3) is 0.560. The van der Waals surface area contributed by atoms with E-state index < -0.39 is 0 Å². The van der Waals surface area contributed by atoms with Gasteiger partial charge < -0.3 is 15.5 Å². The lowest BCUT2D eigenvalue weighted by atomic mass is 9.88. The molecule has 1 saturated carbocycles. The molecule has 180 valence electrons. The molecule has 1 amide bonds. The summed E-state index contributed by atoms with van der Waals surface area (Å²) in [6.07, 6.45) is 10.6. The lowest BCUT2D eigenvalue weighted by Gasteiger charge is -2.26. The Kier molecular flexibility index (Phi) is 10.0. The van der Waals surface area contributed by atoms with Crippen molar-refractivity contribution in [2.24, 2.45) is 10.9 Å². The van der Waals surface area contributed by atoms with E-state index in [4.69, 9.17) is 4.99 Å². The average Bonchev–Trinajstić information content (AvgIpc) is 3.50. The number of carbonyl (C=O) groups is 1. The highest BCUT2D eigenvalue weighted by Gasteiger charge is 2.31. The zero-order valence-corrected chi connectivity index (χ0v) is 21.9. The van der Waals surface area contributed by atoms with Gasteiger partial charge in [0.05, 0.1) is 13.1 Å². The van der Waals surface area contributed by atoms with Gasteiger partial charge in [-0.3, -0.25) is 9.48 Å². The minimum Gasteiger partial charge on any atom is -0.357 e. The van der Waals surface area contributed by atoms with Gasteiger partial charge in [-0.05, 0) is 43.4 Å². The first kappa shape index (κ1) is 25.5. The first-order valence-electron chi connectivity index (χ1n) is 12.1. The van der Waals surface area contributed by atoms with Crippen molar-refractivity contribution >= 4 is 35.8 Å². The Bertz CT molecular complexity index is 894. The second kappa shape index (κ2) is 13.0. The normalized spacial score (nSPS) is 19.2. The highest BCUT2D eigenvalue weighted by atomic mass is 127. The van der Waals surface area contributed by atoms with Crippen LogP contribution in [-0.2, 0) is 17.9 Å². The van der Waals surface area contributed by atoms with E-state index in [1.54, 1.807) is 6.20 Å². The van der Waals surface area contributed by atoms with E-state index in [2.05, 4.69) is 51.8 Å². The molecule has 1 atom stereocenters. The summed E-state index contributed by atoms with van der Waals surface area (Å²) in [5.41, 5.74) is 2.39. The minimum atomic E-state index is 0. The van der Waals surface area contributed by atoms with E-state index >= 15 is 0 Å². The van der Waals surface area contributed by atoms with Crippen molar-refractivity contribution in [1.29, 1.82) is 0 Å². The summed E-state index contributed by atoms with van der Waals surface area (Å²) in [5.74, 6) is 1.44. The molecule has 0 bridgehead atoms. The van der Waals surface area contributed by atoms with Crippen LogP contribution in [0.3, 0.4) is 0 Å². The Morgan fingerprint density at radius 3 is 2.73 bits per heavy atom. The van der Waals surface area contributed by atoms with Crippen LogP contribution in [0.5, 0.6) is 0 Å². The van der Waals surface area contributed by atoms with Crippen molar-refractivity contribution in [3.05, 3.63) is 53.9 Å². The first-order valence-corrected chi connectivity index (χ1v) is 12.1. The van der Waals surface area contributed by atoms with Gasteiger partial charge in [0.1, 0.15) is 0 Å². The van der Waals surface area contributed by atoms with Crippen molar-refractivity contribution < 1.29 is 4.79 Å². The number of amides is 1. The van der Waals surface area contributed by atoms with E-state index in [0.29, 0.717) is 12.5 Å². The van der Waals surface area contributed by atoms with E-state index in [9.17, 15) is 4.79 Å². The molecule has 4 rings (SSSR count). The molecular weight excluding hydrogens is 527 g/mol. The molecule has 2 fully saturated rings. The molecule has 0 spiro atoms. The summed E-state index contributed by atoms with van der Waals surface area (Å²) in [5, 5.41) is 11.2. The molecule has 0 radical (unpaired) electrons. The van der Waals surface area contributed by atoms with Gasteiger partial charge in [0, 0.05) is 44.0 Å². The van der Waals surface area contributed by atoms with Crippen LogP contribution in [0.2, 0.25) is 0 Å². The summed E-state index contributed by atoms with van der Waals surface area (Å²) < 4.78 is 1.93. The number of rotatable bonds is 7. The molecule has 1 aromatic carbocycles. The molecule has 1 aliphatic heterocycles. The zero-order valence-electron chi connectivity index (χ0n) is 19.6. The molecule has 33 heavy (non-hydrogen) atoms. The van der Waals surface area contributed by atoms with Gasteiger partial charge >= 0.3 is 0 Å². The Balaban J connectivity index is 0.00000306. The summed E-state index contributed by atoms with van der Waals surface area (Å²) >= 11 is 0. The third-order valence-electron chi connectivity index (χ3n) is 6.45. The minimum absolute atomic E-state index is 0. The number of carbonyl (C=O) groups excluding carboxylic acids is 1. The summed E-state index contributed by atoms with van der Waals surface area (Å²) in [6.45, 7) is 5.88. The predicted molar refractivity (Wildman–Crippen MR) is 143 cm³/mol. The number of nitrogens with one attached hydrogen (secondary N) is 2. The number of aliphatic imine (C=N–C) groups is 1. The summed E-state index contributed by atoms with van der Waals surface area (Å²) in [7, 11) is 0. The Hall–Kier alpha value is -2.10. The molecule has 7 nitrogen and oxygen atoms in total. The number of benzene rings is 1. The van der Waals surface area contributed by atoms with Crippen molar-refractivity contribution in [3.8, 4) is 0 Å². The number of halogens is 1. The van der Waals surface area contributed by atoms with Crippen molar-refractivity contribution in [2.75, 3.05) is 19.6 Å². The largest absolute Gasteiger partial charge is 0.357 e. The lowest BCUT2D eigenvalue weighted by molar-refractivity contribution is -0.135. The van der Waals surface area contributed by atoms with Gasteiger partial charge in [-0.2, -0.15) is 5.10 Å². The molecule has 2 N–H and O–H groups in total. The number of guanidine groups is 1. The van der Waals surface area contributed by atoms with Crippen LogP contribution >= 0.6 is 24.0 Å². The third kappa shape index (κ3) is 7.45. The SMILES string of the molecule is CCNC(=NCc1cccc(Cn2cccn2)c1)NC1CCN(C(=O)C2CCCCC2)C1.I. The van der Waals surface area contributed by atoms with Gasteiger partial charge in [-0.25, -0.2) is 4.99 Å². The van der Waals surface area contributed by atoms with Crippen LogP contribution in [0.4, 0.5) is 0 Å². The molecule has 1 aromatic heterocycles. The fourth-order valence-corrected chi connectivity index (χ4v) is 4.78. The monoisotopic (exact) mass is 564 g/mol. The smallest absolute Gasteiger partial charge is 0.225 e. The fourth-order valence-electron chi connectivity index (χ4n) is 4.78. The van der Waals surface area contributed by atoms with E-state index in [-0.39, 0.29) is 35.9 Å². The Morgan fingerprint density at radius 1 is 1.15 bits per heavy atom. The quantitative estimate of drug-likeness (QED) is 0.305. The van der Waals surface area contributed by atoms with Crippen LogP contribution in [-0.4, -0.2) is 52.2 Å². The maximum absolute atomic E-state index is 12.9. The predicted octanol–water partition coefficient (Wildman–Crippen LogP) is 3.79. The molecule has 8 heteroatoms. The van der Waals surface area contributed by atoms with E-state index in [1.807, 2.05) is 16.9 Å². The van der Waals surface area contributed by atoms with Gasteiger partial charge in [-0.15, -0.1) is 24.0 Å². The first-order chi connectivity index (χ1) is 15.7. The second-order valence-corrected chi connectivity index (χ2v) is 8.97. The van der Waals surface area contributed by atoms with Crippen LogP contribution in [0.15, 0.2) is 47.7 Å². The highest BCUT2D eigenvalue weighted by Crippen LogP contribution is 2.26. The Morgan fingerprint density at radius 2 is 1.97 bits per heavy atom. The molecular formula is C25H37IN6O. The highest BCUT2D eigenvalue weighted by molar-refractivity contribution is 14.0. The van der Waals surface area contributed by atoms with Crippen LogP contribution in [0.25, 0.3) is 0 Å². The zero-order chi connectivity index (χ0) is 22.2. The lowest BCUT2D eigenvalue weighted by Crippen LogP contribution is -2.45. The van der Waals surface area contributed by atoms with Gasteiger partial charge in [0.15, 0.2) is 5.96 Å². The van der Waals surface area contributed by atoms with Gasteiger partial charge in [0.25, 0.3) is 0 Å². The molecule has 2 aromatic rings. The van der Waals surface area contributed by atoms with Crippen LogP contribution < -0.4 is 10.6 Å². The second-order valence-electron chi connectivity index (χ2n) is 8.97. The molecule has 1 saturated heterocycles.